The summed E-state index contributed by atoms with van der Waals surface area (Å²) in [5, 5.41) is 22.0. The molecule has 10 heteroatoms. The Hall–Kier alpha value is -2.69. The van der Waals surface area contributed by atoms with Crippen molar-refractivity contribution >= 4 is 55.3 Å². The van der Waals surface area contributed by atoms with E-state index in [1.54, 1.807) is 42.5 Å². The third-order valence-electron chi connectivity index (χ3n) is 5.15. The van der Waals surface area contributed by atoms with Gasteiger partial charge in [0.15, 0.2) is 5.78 Å². The number of ether oxygens (including phenoxy) is 1. The molecule has 0 radical (unpaired) electrons. The highest BCUT2D eigenvalue weighted by molar-refractivity contribution is 9.11. The molecule has 0 unspecified atom stereocenters. The van der Waals surface area contributed by atoms with Gasteiger partial charge in [0.05, 0.1) is 4.47 Å². The molecule has 0 saturated heterocycles. The van der Waals surface area contributed by atoms with Gasteiger partial charge in [0, 0.05) is 32.8 Å². The second-order valence-electron chi connectivity index (χ2n) is 8.28. The molecule has 2 aromatic carbocycles. The average molecular weight is 598 g/mol. The lowest BCUT2D eigenvalue weighted by atomic mass is 9.78. The highest BCUT2D eigenvalue weighted by Gasteiger charge is 2.36. The standard InChI is InChI=1S/C24H26Br2N2O6/c1-14(29)15-7-9-17(10-8-15)27-23(32)34-22(18-12-16(25)13-19(26)21(18)31)24(2,3)11-5-4-6-20(30)28-33/h4,6-10,12-13,22,31,33H,5,11H2,1-3H3,(H,27,32)(H,28,30)/b6-4+/t22-/m0/s1. The molecule has 0 aromatic heterocycles. The van der Waals surface area contributed by atoms with Gasteiger partial charge in [-0.05, 0) is 72.1 Å². The van der Waals surface area contributed by atoms with Gasteiger partial charge >= 0.3 is 6.09 Å². The minimum atomic E-state index is -0.863. The van der Waals surface area contributed by atoms with Gasteiger partial charge in [-0.15, -0.1) is 0 Å². The summed E-state index contributed by atoms with van der Waals surface area (Å²) in [7, 11) is 0. The Morgan fingerprint density at radius 2 is 1.79 bits per heavy atom. The summed E-state index contributed by atoms with van der Waals surface area (Å²) in [5.41, 5.74) is 2.21. The molecule has 182 valence electrons. The molecule has 0 aliphatic carbocycles. The Morgan fingerprint density at radius 3 is 2.38 bits per heavy atom. The van der Waals surface area contributed by atoms with Gasteiger partial charge in [0.1, 0.15) is 11.9 Å². The second-order valence-corrected chi connectivity index (χ2v) is 10.0. The molecule has 0 spiro atoms. The monoisotopic (exact) mass is 596 g/mol. The van der Waals surface area contributed by atoms with Crippen molar-refractivity contribution in [2.45, 2.75) is 39.7 Å². The van der Waals surface area contributed by atoms with Crippen LogP contribution in [0.2, 0.25) is 0 Å². The Morgan fingerprint density at radius 1 is 1.15 bits per heavy atom. The largest absolute Gasteiger partial charge is 0.506 e. The second kappa shape index (κ2) is 12.1. The van der Waals surface area contributed by atoms with Crippen LogP contribution in [-0.4, -0.2) is 28.1 Å². The summed E-state index contributed by atoms with van der Waals surface area (Å²) < 4.78 is 6.92. The predicted molar refractivity (Wildman–Crippen MR) is 135 cm³/mol. The summed E-state index contributed by atoms with van der Waals surface area (Å²) in [6.07, 6.45) is 2.13. The summed E-state index contributed by atoms with van der Waals surface area (Å²) in [6.45, 7) is 5.21. The number of hydrogen-bond donors (Lipinski definition) is 4. The van der Waals surface area contributed by atoms with Crippen molar-refractivity contribution in [1.29, 1.82) is 0 Å². The van der Waals surface area contributed by atoms with Crippen molar-refractivity contribution in [3.05, 3.63) is 68.6 Å². The van der Waals surface area contributed by atoms with E-state index < -0.39 is 23.5 Å². The lowest BCUT2D eigenvalue weighted by Crippen LogP contribution is -2.29. The van der Waals surface area contributed by atoms with Crippen LogP contribution < -0.4 is 10.8 Å². The fourth-order valence-electron chi connectivity index (χ4n) is 3.29. The van der Waals surface area contributed by atoms with E-state index in [4.69, 9.17) is 9.94 Å². The lowest BCUT2D eigenvalue weighted by molar-refractivity contribution is -0.124. The maximum absolute atomic E-state index is 12.8. The molecular weight excluding hydrogens is 572 g/mol. The van der Waals surface area contributed by atoms with Crippen LogP contribution in [0.3, 0.4) is 0 Å². The van der Waals surface area contributed by atoms with Gasteiger partial charge in [-0.3, -0.25) is 20.1 Å². The maximum atomic E-state index is 12.8. The van der Waals surface area contributed by atoms with Gasteiger partial charge in [0.2, 0.25) is 0 Å². The van der Waals surface area contributed by atoms with Gasteiger partial charge in [-0.2, -0.15) is 0 Å². The van der Waals surface area contributed by atoms with Crippen molar-refractivity contribution in [3.8, 4) is 5.75 Å². The summed E-state index contributed by atoms with van der Waals surface area (Å²) in [5.74, 6) is -0.790. The molecule has 1 atom stereocenters. The number of carbonyl (C=O) groups excluding carboxylic acids is 3. The molecule has 34 heavy (non-hydrogen) atoms. The number of halogens is 2. The van der Waals surface area contributed by atoms with E-state index in [2.05, 4.69) is 37.2 Å². The molecule has 2 aromatic rings. The highest BCUT2D eigenvalue weighted by atomic mass is 79.9. The summed E-state index contributed by atoms with van der Waals surface area (Å²) >= 11 is 6.72. The van der Waals surface area contributed by atoms with Crippen molar-refractivity contribution in [3.63, 3.8) is 0 Å². The van der Waals surface area contributed by atoms with Crippen LogP contribution in [-0.2, 0) is 9.53 Å². The molecular formula is C24H26Br2N2O6. The van der Waals surface area contributed by atoms with Crippen LogP contribution in [0.5, 0.6) is 5.75 Å². The molecule has 0 fully saturated rings. The first-order valence-corrected chi connectivity index (χ1v) is 11.9. The fourth-order valence-corrected chi connectivity index (χ4v) is 4.54. The third kappa shape index (κ3) is 7.68. The highest BCUT2D eigenvalue weighted by Crippen LogP contribution is 2.46. The number of hydroxylamine groups is 1. The number of hydrogen-bond acceptors (Lipinski definition) is 6. The van der Waals surface area contributed by atoms with Gasteiger partial charge in [0.25, 0.3) is 5.91 Å². The van der Waals surface area contributed by atoms with E-state index in [9.17, 15) is 19.5 Å². The third-order valence-corrected chi connectivity index (χ3v) is 6.21. The van der Waals surface area contributed by atoms with Crippen molar-refractivity contribution in [2.75, 3.05) is 5.32 Å². The Labute approximate surface area is 214 Å². The maximum Gasteiger partial charge on any atom is 0.412 e. The molecule has 0 aliphatic heterocycles. The quantitative estimate of drug-likeness (QED) is 0.117. The van der Waals surface area contributed by atoms with Crippen molar-refractivity contribution in [1.82, 2.24) is 5.48 Å². The Kier molecular flexibility index (Phi) is 9.84. The smallest absolute Gasteiger partial charge is 0.412 e. The number of rotatable bonds is 9. The van der Waals surface area contributed by atoms with E-state index in [-0.39, 0.29) is 11.5 Å². The molecule has 0 saturated carbocycles. The fraction of sp³-hybridized carbons (Fsp3) is 0.292. The number of ketones is 1. The van der Waals surface area contributed by atoms with Crippen LogP contribution in [0.1, 0.15) is 55.6 Å². The van der Waals surface area contributed by atoms with Crippen LogP contribution >= 0.6 is 31.9 Å². The molecule has 4 N–H and O–H groups in total. The summed E-state index contributed by atoms with van der Waals surface area (Å²) in [6, 6.07) is 9.76. The van der Waals surface area contributed by atoms with Gasteiger partial charge in [-0.1, -0.05) is 35.9 Å². The number of anilines is 1. The number of allylic oxidation sites excluding steroid dienone is 1. The van der Waals surface area contributed by atoms with E-state index in [1.165, 1.54) is 18.5 Å². The lowest BCUT2D eigenvalue weighted by Gasteiger charge is -2.34. The molecule has 0 bridgehead atoms. The normalized spacial score (nSPS) is 12.3. The number of benzene rings is 2. The SMILES string of the molecule is CC(=O)c1ccc(NC(=O)O[C@@H](c2cc(Br)cc(Br)c2O)C(C)(C)CC/C=C/C(=O)NO)cc1. The Balaban J connectivity index is 2.29. The molecule has 2 rings (SSSR count). The van der Waals surface area contributed by atoms with E-state index >= 15 is 0 Å². The van der Waals surface area contributed by atoms with E-state index in [0.717, 1.165) is 0 Å². The van der Waals surface area contributed by atoms with Gasteiger partial charge < -0.3 is 9.84 Å². The molecule has 0 heterocycles. The van der Waals surface area contributed by atoms with E-state index in [1.807, 2.05) is 13.8 Å². The zero-order chi connectivity index (χ0) is 25.5. The number of amides is 2. The number of phenols is 1. The van der Waals surface area contributed by atoms with Gasteiger partial charge in [-0.25, -0.2) is 10.3 Å². The molecule has 0 aliphatic rings. The number of phenolic OH excluding ortho intramolecular Hbond substituents is 1. The average Bonchev–Trinajstić information content (AvgIpc) is 2.77. The predicted octanol–water partition coefficient (Wildman–Crippen LogP) is 6.28. The van der Waals surface area contributed by atoms with Crippen LogP contribution in [0.4, 0.5) is 10.5 Å². The topological polar surface area (TPSA) is 125 Å². The first kappa shape index (κ1) is 27.6. The number of carbonyl (C=O) groups is 3. The van der Waals surface area contributed by atoms with Crippen molar-refractivity contribution < 1.29 is 29.4 Å². The van der Waals surface area contributed by atoms with Crippen LogP contribution in [0.25, 0.3) is 0 Å². The van der Waals surface area contributed by atoms with E-state index in [0.29, 0.717) is 38.6 Å². The molecule has 8 nitrogen and oxygen atoms in total. The zero-order valence-corrected chi connectivity index (χ0v) is 22.1. The molecule has 2 amide bonds. The first-order chi connectivity index (χ1) is 15.9. The Bertz CT molecular complexity index is 1080. The minimum absolute atomic E-state index is 0.0601. The summed E-state index contributed by atoms with van der Waals surface area (Å²) in [4.78, 5) is 35.5. The van der Waals surface area contributed by atoms with Crippen LogP contribution in [0.15, 0.2) is 57.5 Å². The number of nitrogens with one attached hydrogen (secondary N) is 2. The zero-order valence-electron chi connectivity index (χ0n) is 18.9. The first-order valence-electron chi connectivity index (χ1n) is 10.3. The number of Topliss-reactive ketones (excluding diaryl/α,β-unsaturated/α-hetero) is 1. The minimum Gasteiger partial charge on any atom is -0.506 e. The number of aromatic hydroxyl groups is 1. The van der Waals surface area contributed by atoms with Crippen molar-refractivity contribution in [2.24, 2.45) is 5.41 Å². The van der Waals surface area contributed by atoms with Crippen LogP contribution in [0, 0.1) is 5.41 Å².